The summed E-state index contributed by atoms with van der Waals surface area (Å²) in [5, 5.41) is 5.56. The van der Waals surface area contributed by atoms with Gasteiger partial charge in [0, 0.05) is 22.7 Å². The first-order chi connectivity index (χ1) is 9.65. The number of rotatable bonds is 3. The second kappa shape index (κ2) is 5.68. The van der Waals surface area contributed by atoms with Crippen molar-refractivity contribution in [3.05, 3.63) is 62.7 Å². The summed E-state index contributed by atoms with van der Waals surface area (Å²) in [6.07, 6.45) is 1.94. The Morgan fingerprint density at radius 1 is 1.05 bits per heavy atom. The predicted octanol–water partition coefficient (Wildman–Crippen LogP) is 5.85. The highest BCUT2D eigenvalue weighted by atomic mass is 79.9. The molecule has 20 heavy (non-hydrogen) atoms. The summed E-state index contributed by atoms with van der Waals surface area (Å²) >= 11 is 15.7. The van der Waals surface area contributed by atoms with Crippen molar-refractivity contribution < 1.29 is 0 Å². The highest BCUT2D eigenvalue weighted by Gasteiger charge is 2.08. The molecule has 0 unspecified atom stereocenters. The van der Waals surface area contributed by atoms with Crippen LogP contribution in [0.1, 0.15) is 5.56 Å². The van der Waals surface area contributed by atoms with Gasteiger partial charge >= 0.3 is 0 Å². The van der Waals surface area contributed by atoms with Crippen molar-refractivity contribution in [3.63, 3.8) is 0 Å². The van der Waals surface area contributed by atoms with Gasteiger partial charge in [0.2, 0.25) is 0 Å². The molecule has 3 rings (SSSR count). The van der Waals surface area contributed by atoms with Gasteiger partial charge in [-0.3, -0.25) is 0 Å². The lowest BCUT2D eigenvalue weighted by Crippen LogP contribution is -2.00. The van der Waals surface area contributed by atoms with Gasteiger partial charge in [0.05, 0.1) is 15.7 Å². The van der Waals surface area contributed by atoms with E-state index in [9.17, 15) is 0 Å². The van der Waals surface area contributed by atoms with E-state index in [0.29, 0.717) is 16.6 Å². The monoisotopic (exact) mass is 368 g/mol. The quantitative estimate of drug-likeness (QED) is 0.557. The Morgan fingerprint density at radius 3 is 2.75 bits per heavy atom. The molecule has 2 nitrogen and oxygen atoms in total. The van der Waals surface area contributed by atoms with Gasteiger partial charge in [-0.15, -0.1) is 0 Å². The van der Waals surface area contributed by atoms with Gasteiger partial charge in [-0.2, -0.15) is 0 Å². The van der Waals surface area contributed by atoms with E-state index in [2.05, 4.69) is 50.5 Å². The van der Waals surface area contributed by atoms with Crippen LogP contribution in [-0.4, -0.2) is 4.98 Å². The molecule has 0 amide bonds. The zero-order valence-electron chi connectivity index (χ0n) is 10.4. The van der Waals surface area contributed by atoms with Crippen LogP contribution in [0.15, 0.2) is 47.1 Å². The summed E-state index contributed by atoms with van der Waals surface area (Å²) in [4.78, 5) is 3.20. The molecule has 3 aromatic rings. The second-order valence-electron chi connectivity index (χ2n) is 4.48. The average Bonchev–Trinajstić information content (AvgIpc) is 2.91. The first-order valence-corrected chi connectivity index (χ1v) is 7.63. The molecule has 0 aliphatic rings. The van der Waals surface area contributed by atoms with Crippen LogP contribution in [0, 0.1) is 0 Å². The van der Waals surface area contributed by atoms with E-state index in [1.807, 2.05) is 18.3 Å². The zero-order valence-corrected chi connectivity index (χ0v) is 13.5. The van der Waals surface area contributed by atoms with Gasteiger partial charge in [0.1, 0.15) is 0 Å². The van der Waals surface area contributed by atoms with Crippen LogP contribution in [0.4, 0.5) is 5.69 Å². The number of anilines is 1. The molecule has 0 spiro atoms. The van der Waals surface area contributed by atoms with Gasteiger partial charge in [-0.05, 0) is 51.1 Å². The number of aromatic amines is 1. The Hall–Kier alpha value is -1.16. The van der Waals surface area contributed by atoms with Crippen LogP contribution in [-0.2, 0) is 6.54 Å². The maximum absolute atomic E-state index is 6.21. The molecule has 0 aliphatic heterocycles. The van der Waals surface area contributed by atoms with Crippen molar-refractivity contribution in [3.8, 4) is 0 Å². The van der Waals surface area contributed by atoms with Crippen LogP contribution in [0.3, 0.4) is 0 Å². The smallest absolute Gasteiger partial charge is 0.0835 e. The Morgan fingerprint density at radius 2 is 1.90 bits per heavy atom. The van der Waals surface area contributed by atoms with E-state index in [0.717, 1.165) is 15.7 Å². The number of fused-ring (bicyclic) bond motifs is 1. The largest absolute Gasteiger partial charge is 0.380 e. The molecule has 0 aliphatic carbocycles. The summed E-state index contributed by atoms with van der Waals surface area (Å²) in [7, 11) is 0. The first-order valence-electron chi connectivity index (χ1n) is 6.08. The standard InChI is InChI=1S/C15H11BrCl2N2/c16-11-3-4-12(15(18)14(11)17)20-8-9-1-2-10-5-6-19-13(10)7-9/h1-7,19-20H,8H2. The van der Waals surface area contributed by atoms with Gasteiger partial charge in [0.25, 0.3) is 0 Å². The second-order valence-corrected chi connectivity index (χ2v) is 6.09. The third-order valence-corrected chi connectivity index (χ3v) is 4.91. The van der Waals surface area contributed by atoms with Gasteiger partial charge in [0.15, 0.2) is 0 Å². The molecule has 1 aromatic heterocycles. The van der Waals surface area contributed by atoms with Crippen LogP contribution in [0.25, 0.3) is 10.9 Å². The minimum Gasteiger partial charge on any atom is -0.380 e. The molecule has 0 fully saturated rings. The predicted molar refractivity (Wildman–Crippen MR) is 89.8 cm³/mol. The number of H-pyrrole nitrogens is 1. The zero-order chi connectivity index (χ0) is 14.1. The molecule has 1 heterocycles. The summed E-state index contributed by atoms with van der Waals surface area (Å²) in [6, 6.07) is 12.2. The molecule has 0 atom stereocenters. The fourth-order valence-corrected chi connectivity index (χ4v) is 2.91. The fourth-order valence-electron chi connectivity index (χ4n) is 2.06. The van der Waals surface area contributed by atoms with Crippen molar-refractivity contribution in [1.82, 2.24) is 4.98 Å². The molecule has 2 N–H and O–H groups in total. The van der Waals surface area contributed by atoms with E-state index < -0.39 is 0 Å². The lowest BCUT2D eigenvalue weighted by atomic mass is 10.1. The minimum atomic E-state index is 0.525. The molecule has 0 radical (unpaired) electrons. The minimum absolute atomic E-state index is 0.525. The Labute approximate surface area is 135 Å². The van der Waals surface area contributed by atoms with E-state index >= 15 is 0 Å². The van der Waals surface area contributed by atoms with Crippen LogP contribution in [0.2, 0.25) is 10.0 Å². The molecule has 0 saturated carbocycles. The van der Waals surface area contributed by atoms with Crippen molar-refractivity contribution in [2.45, 2.75) is 6.54 Å². The number of hydrogen-bond donors (Lipinski definition) is 2. The van der Waals surface area contributed by atoms with E-state index in [1.165, 1.54) is 10.9 Å². The maximum Gasteiger partial charge on any atom is 0.0835 e. The number of nitrogens with one attached hydrogen (secondary N) is 2. The first kappa shape index (κ1) is 13.8. The van der Waals surface area contributed by atoms with E-state index in [4.69, 9.17) is 23.2 Å². The van der Waals surface area contributed by atoms with Crippen molar-refractivity contribution >= 4 is 55.7 Å². The van der Waals surface area contributed by atoms with Crippen LogP contribution >= 0.6 is 39.1 Å². The topological polar surface area (TPSA) is 27.8 Å². The third-order valence-electron chi connectivity index (χ3n) is 3.14. The Bertz CT molecular complexity index is 768. The normalized spacial score (nSPS) is 10.9. The summed E-state index contributed by atoms with van der Waals surface area (Å²) in [5.74, 6) is 0. The molecule has 5 heteroatoms. The lowest BCUT2D eigenvalue weighted by molar-refractivity contribution is 1.15. The molecule has 102 valence electrons. The fraction of sp³-hybridized carbons (Fsp3) is 0.0667. The number of hydrogen-bond acceptors (Lipinski definition) is 1. The van der Waals surface area contributed by atoms with Gasteiger partial charge in [-0.25, -0.2) is 0 Å². The van der Waals surface area contributed by atoms with Crippen molar-refractivity contribution in [1.29, 1.82) is 0 Å². The number of aromatic nitrogens is 1. The summed E-state index contributed by atoms with van der Waals surface area (Å²) < 4.78 is 0.794. The molecular formula is C15H11BrCl2N2. The number of benzene rings is 2. The highest BCUT2D eigenvalue weighted by Crippen LogP contribution is 2.36. The van der Waals surface area contributed by atoms with Crippen LogP contribution in [0.5, 0.6) is 0 Å². The van der Waals surface area contributed by atoms with Gasteiger partial charge < -0.3 is 10.3 Å². The van der Waals surface area contributed by atoms with E-state index in [1.54, 1.807) is 0 Å². The number of halogens is 3. The highest BCUT2D eigenvalue weighted by molar-refractivity contribution is 9.10. The molecule has 0 saturated heterocycles. The summed E-state index contributed by atoms with van der Waals surface area (Å²) in [5.41, 5.74) is 3.13. The van der Waals surface area contributed by atoms with Crippen LogP contribution < -0.4 is 5.32 Å². The molecule has 2 aromatic carbocycles. The van der Waals surface area contributed by atoms with Gasteiger partial charge in [-0.1, -0.05) is 35.3 Å². The Balaban J connectivity index is 1.80. The van der Waals surface area contributed by atoms with E-state index in [-0.39, 0.29) is 0 Å². The molecule has 0 bridgehead atoms. The third kappa shape index (κ3) is 2.66. The lowest BCUT2D eigenvalue weighted by Gasteiger charge is -2.10. The Kier molecular flexibility index (Phi) is 3.92. The molecular weight excluding hydrogens is 359 g/mol. The SMILES string of the molecule is Clc1c(Br)ccc(NCc2ccc3cc[nH]c3c2)c1Cl. The van der Waals surface area contributed by atoms with Crippen molar-refractivity contribution in [2.24, 2.45) is 0 Å². The van der Waals surface area contributed by atoms with Crippen molar-refractivity contribution in [2.75, 3.05) is 5.32 Å². The maximum atomic E-state index is 6.21. The summed E-state index contributed by atoms with van der Waals surface area (Å²) in [6.45, 7) is 0.687. The average molecular weight is 370 g/mol.